The van der Waals surface area contributed by atoms with Crippen molar-refractivity contribution in [1.29, 1.82) is 0 Å². The van der Waals surface area contributed by atoms with Crippen molar-refractivity contribution in [3.63, 3.8) is 0 Å². The lowest BCUT2D eigenvalue weighted by atomic mass is 10.1. The van der Waals surface area contributed by atoms with Gasteiger partial charge in [-0.1, -0.05) is 71.4 Å². The Bertz CT molecular complexity index is 1130. The molecular weight excluding hydrogens is 365 g/mol. The summed E-state index contributed by atoms with van der Waals surface area (Å²) in [7, 11) is 0. The molecule has 0 spiro atoms. The molecule has 4 heteroatoms. The summed E-state index contributed by atoms with van der Waals surface area (Å²) in [6.45, 7) is 0. The number of nitrogens with zero attached hydrogens (tertiary/aromatic N) is 1. The highest BCUT2D eigenvalue weighted by Crippen LogP contribution is 2.25. The van der Waals surface area contributed by atoms with Gasteiger partial charge < -0.3 is 4.42 Å². The van der Waals surface area contributed by atoms with Crippen LogP contribution in [0.2, 0.25) is 0 Å². The molecule has 2 nitrogen and oxygen atoms in total. The number of benzene rings is 2. The molecule has 1 aromatic heterocycles. The Labute approximate surface area is 161 Å². The van der Waals surface area contributed by atoms with Crippen molar-refractivity contribution in [1.82, 2.24) is 4.98 Å². The Kier molecular flexibility index (Phi) is 4.64. The van der Waals surface area contributed by atoms with Crippen molar-refractivity contribution in [2.75, 3.05) is 0 Å². The van der Waals surface area contributed by atoms with E-state index >= 15 is 0 Å². The molecule has 0 bridgehead atoms. The SMILES string of the molecule is ClC1=C=C(Cl)C=C(/C=C/c2nc3cc(-c4ccccc4)ccc3o2)C=C1. The van der Waals surface area contributed by atoms with Gasteiger partial charge in [0.1, 0.15) is 5.52 Å². The number of aromatic nitrogens is 1. The van der Waals surface area contributed by atoms with Crippen LogP contribution in [0.15, 0.2) is 98.6 Å². The second-order valence-corrected chi connectivity index (χ2v) is 6.55. The van der Waals surface area contributed by atoms with Gasteiger partial charge in [-0.3, -0.25) is 0 Å². The zero-order valence-electron chi connectivity index (χ0n) is 13.6. The lowest BCUT2D eigenvalue weighted by molar-refractivity contribution is 0.589. The van der Waals surface area contributed by atoms with Gasteiger partial charge in [-0.2, -0.15) is 0 Å². The van der Waals surface area contributed by atoms with Gasteiger partial charge in [0.05, 0.1) is 10.1 Å². The molecule has 0 radical (unpaired) electrons. The van der Waals surface area contributed by atoms with Crippen LogP contribution in [-0.4, -0.2) is 4.98 Å². The summed E-state index contributed by atoms with van der Waals surface area (Å²) >= 11 is 12.0. The summed E-state index contributed by atoms with van der Waals surface area (Å²) in [5, 5.41) is 0.912. The van der Waals surface area contributed by atoms with Crippen LogP contribution in [0.5, 0.6) is 0 Å². The number of rotatable bonds is 3. The lowest BCUT2D eigenvalue weighted by Gasteiger charge is -1.99. The van der Waals surface area contributed by atoms with Crippen molar-refractivity contribution in [3.8, 4) is 11.1 Å². The number of hydrogen-bond donors (Lipinski definition) is 0. The molecule has 0 saturated carbocycles. The van der Waals surface area contributed by atoms with E-state index < -0.39 is 0 Å². The molecule has 4 rings (SSSR count). The first-order chi connectivity index (χ1) is 12.7. The predicted octanol–water partition coefficient (Wildman–Crippen LogP) is 6.85. The van der Waals surface area contributed by atoms with Crippen LogP contribution in [0.25, 0.3) is 28.3 Å². The van der Waals surface area contributed by atoms with Gasteiger partial charge in [0.15, 0.2) is 5.58 Å². The maximum absolute atomic E-state index is 6.04. The van der Waals surface area contributed by atoms with E-state index in [1.807, 2.05) is 54.6 Å². The summed E-state index contributed by atoms with van der Waals surface area (Å²) in [5.41, 5.74) is 7.54. The molecule has 1 aliphatic carbocycles. The third-order valence-corrected chi connectivity index (χ3v) is 4.31. The molecule has 0 fully saturated rings. The van der Waals surface area contributed by atoms with Crippen molar-refractivity contribution in [3.05, 3.63) is 100 Å². The van der Waals surface area contributed by atoms with E-state index in [0.717, 1.165) is 27.8 Å². The van der Waals surface area contributed by atoms with Crippen molar-refractivity contribution >= 4 is 40.4 Å². The van der Waals surface area contributed by atoms with E-state index in [1.54, 1.807) is 12.2 Å². The Balaban J connectivity index is 1.62. The maximum Gasteiger partial charge on any atom is 0.220 e. The summed E-state index contributed by atoms with van der Waals surface area (Å²) in [6.07, 6.45) is 9.06. The second-order valence-electron chi connectivity index (χ2n) is 5.73. The molecule has 0 amide bonds. The molecular formula is C22H13Cl2NO. The second kappa shape index (κ2) is 7.23. The van der Waals surface area contributed by atoms with Crippen LogP contribution in [0.1, 0.15) is 5.89 Å². The molecule has 0 saturated heterocycles. The molecule has 26 heavy (non-hydrogen) atoms. The first-order valence-corrected chi connectivity index (χ1v) is 8.79. The van der Waals surface area contributed by atoms with E-state index in [4.69, 9.17) is 27.6 Å². The quantitative estimate of drug-likeness (QED) is 0.466. The van der Waals surface area contributed by atoms with Gasteiger partial charge in [0.25, 0.3) is 0 Å². The molecule has 0 unspecified atom stereocenters. The van der Waals surface area contributed by atoms with Crippen molar-refractivity contribution in [2.45, 2.75) is 0 Å². The normalized spacial score (nSPS) is 14.3. The minimum absolute atomic E-state index is 0.449. The number of hydrogen-bond acceptors (Lipinski definition) is 2. The Hall–Kier alpha value is -2.77. The summed E-state index contributed by atoms with van der Waals surface area (Å²) in [5.74, 6) is 0.530. The molecule has 0 N–H and O–H groups in total. The van der Waals surface area contributed by atoms with Gasteiger partial charge in [-0.15, -0.1) is 0 Å². The molecule has 0 atom stereocenters. The fraction of sp³-hybridized carbons (Fsp3) is 0. The average molecular weight is 378 g/mol. The first-order valence-electron chi connectivity index (χ1n) is 8.03. The summed E-state index contributed by atoms with van der Waals surface area (Å²) in [6, 6.07) is 16.2. The summed E-state index contributed by atoms with van der Waals surface area (Å²) < 4.78 is 5.79. The van der Waals surface area contributed by atoms with E-state index in [-0.39, 0.29) is 0 Å². The lowest BCUT2D eigenvalue weighted by Crippen LogP contribution is -1.77. The van der Waals surface area contributed by atoms with E-state index in [1.165, 1.54) is 0 Å². The van der Waals surface area contributed by atoms with Gasteiger partial charge in [0.2, 0.25) is 5.89 Å². The number of fused-ring (bicyclic) bond motifs is 1. The number of halogens is 2. The summed E-state index contributed by atoms with van der Waals surface area (Å²) in [4.78, 5) is 4.55. The Morgan fingerprint density at radius 2 is 1.73 bits per heavy atom. The minimum atomic E-state index is 0.449. The molecule has 126 valence electrons. The fourth-order valence-corrected chi connectivity index (χ4v) is 3.09. The molecule has 0 aliphatic heterocycles. The van der Waals surface area contributed by atoms with E-state index in [2.05, 4.69) is 22.8 Å². The highest BCUT2D eigenvalue weighted by Gasteiger charge is 2.06. The Morgan fingerprint density at radius 1 is 0.885 bits per heavy atom. The maximum atomic E-state index is 6.04. The zero-order valence-corrected chi connectivity index (χ0v) is 15.1. The largest absolute Gasteiger partial charge is 0.437 e. The molecule has 2 aromatic carbocycles. The highest BCUT2D eigenvalue weighted by molar-refractivity contribution is 6.34. The average Bonchev–Trinajstić information content (AvgIpc) is 2.98. The van der Waals surface area contributed by atoms with Crippen LogP contribution < -0.4 is 0 Å². The number of oxazole rings is 1. The van der Waals surface area contributed by atoms with E-state index in [0.29, 0.717) is 16.0 Å². The van der Waals surface area contributed by atoms with Crippen molar-refractivity contribution < 1.29 is 4.42 Å². The number of allylic oxidation sites excluding steroid dienone is 6. The van der Waals surface area contributed by atoms with Crippen LogP contribution in [0.3, 0.4) is 0 Å². The monoisotopic (exact) mass is 377 g/mol. The first kappa shape index (κ1) is 16.7. The van der Waals surface area contributed by atoms with E-state index in [9.17, 15) is 0 Å². The van der Waals surface area contributed by atoms with Crippen molar-refractivity contribution in [2.24, 2.45) is 0 Å². The van der Waals surface area contributed by atoms with Gasteiger partial charge in [-0.05, 0) is 47.1 Å². The topological polar surface area (TPSA) is 26.0 Å². The molecule has 1 heterocycles. The minimum Gasteiger partial charge on any atom is -0.437 e. The van der Waals surface area contributed by atoms with Gasteiger partial charge >= 0.3 is 0 Å². The third kappa shape index (κ3) is 3.74. The third-order valence-electron chi connectivity index (χ3n) is 3.88. The molecule has 3 aromatic rings. The molecule has 1 aliphatic rings. The standard InChI is InChI=1S/C22H13Cl2NO/c23-18-9-6-15(12-19(24)14-18)7-11-22-25-20-13-17(8-10-21(20)26-22)16-4-2-1-3-5-16/h1-13H/b11-7+. The zero-order chi connectivity index (χ0) is 17.9. The fourth-order valence-electron chi connectivity index (χ4n) is 2.65. The van der Waals surface area contributed by atoms with Crippen LogP contribution in [-0.2, 0) is 0 Å². The van der Waals surface area contributed by atoms with Crippen LogP contribution >= 0.6 is 23.2 Å². The van der Waals surface area contributed by atoms with Crippen LogP contribution in [0, 0.1) is 0 Å². The van der Waals surface area contributed by atoms with Crippen LogP contribution in [0.4, 0.5) is 0 Å². The highest BCUT2D eigenvalue weighted by atomic mass is 35.5. The van der Waals surface area contributed by atoms with Gasteiger partial charge in [-0.25, -0.2) is 4.98 Å². The van der Waals surface area contributed by atoms with Gasteiger partial charge in [0, 0.05) is 6.08 Å². The smallest absolute Gasteiger partial charge is 0.220 e. The Morgan fingerprint density at radius 3 is 2.58 bits per heavy atom. The predicted molar refractivity (Wildman–Crippen MR) is 108 cm³/mol.